The first kappa shape index (κ1) is 30.6. The number of aromatic nitrogens is 4. The molecule has 0 unspecified atom stereocenters. The van der Waals surface area contributed by atoms with Gasteiger partial charge < -0.3 is 4.57 Å². The monoisotopic (exact) mass is 676 g/mol. The molecule has 4 heteroatoms. The van der Waals surface area contributed by atoms with E-state index < -0.39 is 0 Å². The van der Waals surface area contributed by atoms with Crippen LogP contribution >= 0.6 is 0 Å². The van der Waals surface area contributed by atoms with Crippen molar-refractivity contribution in [2.45, 2.75) is 0 Å². The predicted molar refractivity (Wildman–Crippen MR) is 219 cm³/mol. The lowest BCUT2D eigenvalue weighted by Crippen LogP contribution is -2.04. The van der Waals surface area contributed by atoms with Crippen LogP contribution in [0, 0.1) is 0 Å². The third kappa shape index (κ3) is 5.36. The predicted octanol–water partition coefficient (Wildman–Crippen LogP) is 12.5. The van der Waals surface area contributed by atoms with Crippen molar-refractivity contribution in [3.63, 3.8) is 0 Å². The number of para-hydroxylation sites is 2. The van der Waals surface area contributed by atoms with E-state index in [-0.39, 0.29) is 0 Å². The average Bonchev–Trinajstić information content (AvgIpc) is 3.58. The Morgan fingerprint density at radius 1 is 0.283 bits per heavy atom. The van der Waals surface area contributed by atoms with Crippen LogP contribution < -0.4 is 0 Å². The highest BCUT2D eigenvalue weighted by Crippen LogP contribution is 2.39. The minimum absolute atomic E-state index is 0.613. The molecule has 0 amide bonds. The lowest BCUT2D eigenvalue weighted by Gasteiger charge is -2.17. The molecule has 248 valence electrons. The molecule has 0 radical (unpaired) electrons. The second kappa shape index (κ2) is 12.9. The quantitative estimate of drug-likeness (QED) is 0.176. The van der Waals surface area contributed by atoms with Crippen LogP contribution in [-0.4, -0.2) is 19.5 Å². The van der Waals surface area contributed by atoms with Gasteiger partial charge in [-0.15, -0.1) is 0 Å². The molecule has 8 aromatic carbocycles. The number of rotatable bonds is 6. The van der Waals surface area contributed by atoms with Gasteiger partial charge in [0.2, 0.25) is 0 Å². The van der Waals surface area contributed by atoms with Gasteiger partial charge in [0.1, 0.15) is 0 Å². The largest absolute Gasteiger partial charge is 0.308 e. The Bertz CT molecular complexity index is 2880. The number of hydrogen-bond donors (Lipinski definition) is 0. The molecule has 0 N–H and O–H groups in total. The van der Waals surface area contributed by atoms with Crippen LogP contribution in [0.1, 0.15) is 0 Å². The lowest BCUT2D eigenvalue weighted by atomic mass is 9.95. The fraction of sp³-hybridized carbons (Fsp3) is 0. The van der Waals surface area contributed by atoms with E-state index in [9.17, 15) is 0 Å². The molecule has 0 fully saturated rings. The molecule has 0 aliphatic carbocycles. The van der Waals surface area contributed by atoms with Gasteiger partial charge in [-0.3, -0.25) is 0 Å². The van der Waals surface area contributed by atoms with Crippen molar-refractivity contribution in [3.05, 3.63) is 194 Å². The molecule has 0 aliphatic rings. The Balaban J connectivity index is 1.26. The fourth-order valence-electron chi connectivity index (χ4n) is 7.61. The number of hydrogen-bond acceptors (Lipinski definition) is 3. The van der Waals surface area contributed by atoms with Crippen LogP contribution in [-0.2, 0) is 0 Å². The van der Waals surface area contributed by atoms with E-state index in [4.69, 9.17) is 15.0 Å². The standard InChI is InChI=1S/C49H32N4/c1-4-16-33(17-5-1)36-30-31-43(46(32-36)53-44-28-12-10-22-40(44)41-23-11-13-29-45(41)53)49-51-47(35-20-8-3-9-21-35)50-48(52-49)42-27-15-25-38-37(24-14-26-39(38)42)34-18-6-2-7-19-34/h1-32H. The normalized spacial score (nSPS) is 11.4. The first-order chi connectivity index (χ1) is 26.3. The van der Waals surface area contributed by atoms with Crippen molar-refractivity contribution < 1.29 is 0 Å². The minimum atomic E-state index is 0.613. The van der Waals surface area contributed by atoms with Crippen molar-refractivity contribution in [1.82, 2.24) is 19.5 Å². The molecule has 0 aliphatic heterocycles. The molecule has 2 heterocycles. The Morgan fingerprint density at radius 3 is 1.40 bits per heavy atom. The Hall–Kier alpha value is -7.17. The maximum absolute atomic E-state index is 5.35. The van der Waals surface area contributed by atoms with E-state index in [2.05, 4.69) is 180 Å². The third-order valence-electron chi connectivity index (χ3n) is 10.1. The van der Waals surface area contributed by atoms with Crippen LogP contribution in [0.3, 0.4) is 0 Å². The van der Waals surface area contributed by atoms with Crippen LogP contribution in [0.5, 0.6) is 0 Å². The first-order valence-electron chi connectivity index (χ1n) is 17.9. The summed E-state index contributed by atoms with van der Waals surface area (Å²) in [6.07, 6.45) is 0. The summed E-state index contributed by atoms with van der Waals surface area (Å²) in [5, 5.41) is 4.64. The van der Waals surface area contributed by atoms with Crippen molar-refractivity contribution >= 4 is 32.6 Å². The Labute approximate surface area is 307 Å². The smallest absolute Gasteiger partial charge is 0.166 e. The number of benzene rings is 8. The summed E-state index contributed by atoms with van der Waals surface area (Å²) in [5.74, 6) is 1.87. The van der Waals surface area contributed by atoms with E-state index in [0.717, 1.165) is 55.3 Å². The van der Waals surface area contributed by atoms with Crippen LogP contribution in [0.15, 0.2) is 194 Å². The molecule has 10 rings (SSSR count). The molecule has 10 aromatic rings. The second-order valence-electron chi connectivity index (χ2n) is 13.2. The van der Waals surface area contributed by atoms with Crippen LogP contribution in [0.4, 0.5) is 0 Å². The molecular formula is C49H32N4. The highest BCUT2D eigenvalue weighted by Gasteiger charge is 2.21. The third-order valence-corrected chi connectivity index (χ3v) is 10.1. The molecule has 0 atom stereocenters. The van der Waals surface area contributed by atoms with Gasteiger partial charge in [0.15, 0.2) is 17.5 Å². The van der Waals surface area contributed by atoms with E-state index >= 15 is 0 Å². The van der Waals surface area contributed by atoms with E-state index in [1.165, 1.54) is 21.9 Å². The van der Waals surface area contributed by atoms with Gasteiger partial charge in [0, 0.05) is 27.5 Å². The van der Waals surface area contributed by atoms with Crippen molar-refractivity contribution in [3.8, 4) is 62.1 Å². The Morgan fingerprint density at radius 2 is 0.755 bits per heavy atom. The maximum atomic E-state index is 5.35. The van der Waals surface area contributed by atoms with E-state index in [0.29, 0.717) is 17.5 Å². The molecule has 2 aromatic heterocycles. The SMILES string of the molecule is c1ccc(-c2ccc(-c3nc(-c4ccccc4)nc(-c4cccc5c(-c6ccccc6)cccc45)n3)c(-n3c4ccccc4c4ccccc43)c2)cc1. The Kier molecular flexibility index (Phi) is 7.43. The molecule has 4 nitrogen and oxygen atoms in total. The van der Waals surface area contributed by atoms with Crippen LogP contribution in [0.2, 0.25) is 0 Å². The average molecular weight is 677 g/mol. The highest BCUT2D eigenvalue weighted by atomic mass is 15.1. The van der Waals surface area contributed by atoms with Crippen molar-refractivity contribution in [2.24, 2.45) is 0 Å². The zero-order valence-corrected chi connectivity index (χ0v) is 28.8. The first-order valence-corrected chi connectivity index (χ1v) is 17.9. The van der Waals surface area contributed by atoms with Gasteiger partial charge in [-0.25, -0.2) is 15.0 Å². The molecule has 0 bridgehead atoms. The second-order valence-corrected chi connectivity index (χ2v) is 13.2. The summed E-state index contributed by atoms with van der Waals surface area (Å²) in [7, 11) is 0. The zero-order chi connectivity index (χ0) is 35.1. The summed E-state index contributed by atoms with van der Waals surface area (Å²) in [6, 6.07) is 68.0. The van der Waals surface area contributed by atoms with Gasteiger partial charge >= 0.3 is 0 Å². The topological polar surface area (TPSA) is 43.6 Å². The van der Waals surface area contributed by atoms with E-state index in [1.54, 1.807) is 0 Å². The summed E-state index contributed by atoms with van der Waals surface area (Å²) in [5.41, 5.74) is 10.7. The molecular weight excluding hydrogens is 645 g/mol. The summed E-state index contributed by atoms with van der Waals surface area (Å²) in [6.45, 7) is 0. The molecule has 0 saturated heterocycles. The van der Waals surface area contributed by atoms with Crippen molar-refractivity contribution in [2.75, 3.05) is 0 Å². The molecule has 0 spiro atoms. The summed E-state index contributed by atoms with van der Waals surface area (Å²) < 4.78 is 2.36. The van der Waals surface area contributed by atoms with Gasteiger partial charge in [-0.1, -0.05) is 170 Å². The minimum Gasteiger partial charge on any atom is -0.308 e. The maximum Gasteiger partial charge on any atom is 0.166 e. The highest BCUT2D eigenvalue weighted by molar-refractivity contribution is 6.10. The van der Waals surface area contributed by atoms with Crippen LogP contribution in [0.25, 0.3) is 94.7 Å². The number of fused-ring (bicyclic) bond motifs is 4. The summed E-state index contributed by atoms with van der Waals surface area (Å²) >= 11 is 0. The molecule has 0 saturated carbocycles. The molecule has 53 heavy (non-hydrogen) atoms. The van der Waals surface area contributed by atoms with Gasteiger partial charge in [0.25, 0.3) is 0 Å². The van der Waals surface area contributed by atoms with Crippen molar-refractivity contribution in [1.29, 1.82) is 0 Å². The fourth-order valence-corrected chi connectivity index (χ4v) is 7.61. The zero-order valence-electron chi connectivity index (χ0n) is 28.8. The van der Waals surface area contributed by atoms with Gasteiger partial charge in [-0.05, 0) is 57.3 Å². The number of nitrogens with zero attached hydrogens (tertiary/aromatic N) is 4. The van der Waals surface area contributed by atoms with Gasteiger partial charge in [0.05, 0.1) is 16.7 Å². The lowest BCUT2D eigenvalue weighted by molar-refractivity contribution is 1.07. The van der Waals surface area contributed by atoms with E-state index in [1.807, 2.05) is 18.2 Å². The summed E-state index contributed by atoms with van der Waals surface area (Å²) in [4.78, 5) is 15.8. The van der Waals surface area contributed by atoms with Gasteiger partial charge in [-0.2, -0.15) is 0 Å².